The molecule has 0 radical (unpaired) electrons. The van der Waals surface area contributed by atoms with Crippen molar-refractivity contribution in [2.75, 3.05) is 13.2 Å². The Balaban J connectivity index is 1.94. The molecule has 1 saturated heterocycles. The van der Waals surface area contributed by atoms with Gasteiger partial charge in [-0.1, -0.05) is 24.6 Å². The highest BCUT2D eigenvalue weighted by molar-refractivity contribution is 6.30. The molecular formula is C16H23ClFNO. The van der Waals surface area contributed by atoms with E-state index in [-0.39, 0.29) is 10.8 Å². The van der Waals surface area contributed by atoms with Gasteiger partial charge < -0.3 is 10.1 Å². The highest BCUT2D eigenvalue weighted by atomic mass is 35.5. The summed E-state index contributed by atoms with van der Waals surface area (Å²) in [7, 11) is 0. The van der Waals surface area contributed by atoms with E-state index in [1.807, 2.05) is 6.07 Å². The van der Waals surface area contributed by atoms with Crippen LogP contribution in [-0.4, -0.2) is 25.3 Å². The Morgan fingerprint density at radius 3 is 2.95 bits per heavy atom. The Labute approximate surface area is 125 Å². The predicted molar refractivity (Wildman–Crippen MR) is 80.8 cm³/mol. The normalized spacial score (nSPS) is 20.9. The lowest BCUT2D eigenvalue weighted by Crippen LogP contribution is -2.36. The maximum atomic E-state index is 13.5. The van der Waals surface area contributed by atoms with E-state index in [1.54, 1.807) is 6.07 Å². The molecule has 1 fully saturated rings. The number of nitrogens with one attached hydrogen (secondary N) is 1. The second-order valence-electron chi connectivity index (χ2n) is 5.43. The fourth-order valence-corrected chi connectivity index (χ4v) is 2.91. The summed E-state index contributed by atoms with van der Waals surface area (Å²) in [6, 6.07) is 5.39. The molecule has 1 aliphatic rings. The molecular weight excluding hydrogens is 277 g/mol. The van der Waals surface area contributed by atoms with Crippen molar-refractivity contribution < 1.29 is 9.13 Å². The first kappa shape index (κ1) is 15.7. The molecule has 4 heteroatoms. The lowest BCUT2D eigenvalue weighted by Gasteiger charge is -2.27. The summed E-state index contributed by atoms with van der Waals surface area (Å²) >= 11 is 5.72. The summed E-state index contributed by atoms with van der Waals surface area (Å²) in [4.78, 5) is 0. The minimum absolute atomic E-state index is 0.185. The van der Waals surface area contributed by atoms with Gasteiger partial charge in [0.1, 0.15) is 5.82 Å². The highest BCUT2D eigenvalue weighted by Crippen LogP contribution is 2.21. The van der Waals surface area contributed by atoms with Gasteiger partial charge in [0, 0.05) is 12.6 Å². The molecule has 2 atom stereocenters. The monoisotopic (exact) mass is 299 g/mol. The average Bonchev–Trinajstić information content (AvgIpc) is 2.44. The van der Waals surface area contributed by atoms with E-state index in [0.29, 0.717) is 12.1 Å². The summed E-state index contributed by atoms with van der Waals surface area (Å²) < 4.78 is 19.3. The van der Waals surface area contributed by atoms with Crippen molar-refractivity contribution in [3.8, 4) is 0 Å². The van der Waals surface area contributed by atoms with Gasteiger partial charge in [-0.3, -0.25) is 0 Å². The summed E-state index contributed by atoms with van der Waals surface area (Å²) in [6.07, 6.45) is 5.69. The zero-order valence-corrected chi connectivity index (χ0v) is 12.8. The molecule has 1 aliphatic heterocycles. The highest BCUT2D eigenvalue weighted by Gasteiger charge is 2.19. The number of ether oxygens (including phenoxy) is 1. The molecule has 1 heterocycles. The average molecular weight is 300 g/mol. The Hall–Kier alpha value is -0.640. The van der Waals surface area contributed by atoms with Crippen molar-refractivity contribution in [1.29, 1.82) is 0 Å². The third-order valence-electron chi connectivity index (χ3n) is 3.78. The van der Waals surface area contributed by atoms with Crippen molar-refractivity contribution in [3.05, 3.63) is 34.6 Å². The van der Waals surface area contributed by atoms with Crippen molar-refractivity contribution in [1.82, 2.24) is 5.32 Å². The summed E-state index contributed by atoms with van der Waals surface area (Å²) in [6.45, 7) is 3.88. The molecule has 1 aromatic rings. The topological polar surface area (TPSA) is 21.3 Å². The quantitative estimate of drug-likeness (QED) is 0.858. The van der Waals surface area contributed by atoms with Gasteiger partial charge in [0.05, 0.1) is 11.1 Å². The number of rotatable bonds is 6. The number of benzene rings is 1. The molecule has 0 saturated carbocycles. The Kier molecular flexibility index (Phi) is 6.27. The first-order chi connectivity index (χ1) is 9.69. The van der Waals surface area contributed by atoms with Crippen molar-refractivity contribution in [2.45, 2.75) is 51.2 Å². The Morgan fingerprint density at radius 2 is 2.30 bits per heavy atom. The van der Waals surface area contributed by atoms with E-state index >= 15 is 0 Å². The van der Waals surface area contributed by atoms with E-state index < -0.39 is 0 Å². The van der Waals surface area contributed by atoms with E-state index in [0.717, 1.165) is 38.0 Å². The molecule has 0 aromatic heterocycles. The van der Waals surface area contributed by atoms with Gasteiger partial charge in [0.2, 0.25) is 0 Å². The maximum Gasteiger partial charge on any atom is 0.142 e. The van der Waals surface area contributed by atoms with E-state index in [4.69, 9.17) is 16.3 Å². The number of hydrogen-bond donors (Lipinski definition) is 1. The van der Waals surface area contributed by atoms with Crippen molar-refractivity contribution in [2.24, 2.45) is 0 Å². The van der Waals surface area contributed by atoms with Crippen LogP contribution in [0.25, 0.3) is 0 Å². The smallest absolute Gasteiger partial charge is 0.142 e. The zero-order valence-electron chi connectivity index (χ0n) is 12.0. The molecule has 0 bridgehead atoms. The number of halogens is 2. The third-order valence-corrected chi connectivity index (χ3v) is 4.09. The van der Waals surface area contributed by atoms with Gasteiger partial charge in [0.15, 0.2) is 0 Å². The SMILES string of the molecule is CCNC(Cc1ccc(Cl)c(F)c1)CC1CCCCO1. The third kappa shape index (κ3) is 4.72. The van der Waals surface area contributed by atoms with Gasteiger partial charge in [0.25, 0.3) is 0 Å². The minimum Gasteiger partial charge on any atom is -0.378 e. The van der Waals surface area contributed by atoms with Crippen LogP contribution in [0, 0.1) is 5.82 Å². The van der Waals surface area contributed by atoms with Crippen LogP contribution in [-0.2, 0) is 11.2 Å². The summed E-state index contributed by atoms with van der Waals surface area (Å²) in [5.74, 6) is -0.340. The van der Waals surface area contributed by atoms with Crippen molar-refractivity contribution in [3.63, 3.8) is 0 Å². The van der Waals surface area contributed by atoms with Crippen LogP contribution in [0.1, 0.15) is 38.2 Å². The fraction of sp³-hybridized carbons (Fsp3) is 0.625. The first-order valence-electron chi connectivity index (χ1n) is 7.48. The number of likely N-dealkylation sites (N-methyl/N-ethyl adjacent to an activating group) is 1. The lowest BCUT2D eigenvalue weighted by molar-refractivity contribution is 0.00535. The second-order valence-corrected chi connectivity index (χ2v) is 5.84. The lowest BCUT2D eigenvalue weighted by atomic mass is 9.97. The Morgan fingerprint density at radius 1 is 1.45 bits per heavy atom. The molecule has 2 nitrogen and oxygen atoms in total. The maximum absolute atomic E-state index is 13.5. The van der Waals surface area contributed by atoms with Crippen LogP contribution in [0.2, 0.25) is 5.02 Å². The van der Waals surface area contributed by atoms with Gasteiger partial charge in [-0.25, -0.2) is 4.39 Å². The summed E-state index contributed by atoms with van der Waals surface area (Å²) in [5.41, 5.74) is 0.980. The first-order valence-corrected chi connectivity index (χ1v) is 7.85. The molecule has 20 heavy (non-hydrogen) atoms. The van der Waals surface area contributed by atoms with E-state index in [9.17, 15) is 4.39 Å². The van der Waals surface area contributed by atoms with E-state index in [1.165, 1.54) is 18.9 Å². The minimum atomic E-state index is -0.340. The van der Waals surface area contributed by atoms with Crippen LogP contribution in [0.5, 0.6) is 0 Å². The zero-order chi connectivity index (χ0) is 14.4. The number of hydrogen-bond acceptors (Lipinski definition) is 2. The fourth-order valence-electron chi connectivity index (χ4n) is 2.79. The molecule has 0 aliphatic carbocycles. The second kappa shape index (κ2) is 7.96. The molecule has 112 valence electrons. The van der Waals surface area contributed by atoms with Gasteiger partial charge >= 0.3 is 0 Å². The molecule has 1 aromatic carbocycles. The van der Waals surface area contributed by atoms with Crippen LogP contribution in [0.15, 0.2) is 18.2 Å². The van der Waals surface area contributed by atoms with Crippen molar-refractivity contribution >= 4 is 11.6 Å². The van der Waals surface area contributed by atoms with Gasteiger partial charge in [-0.2, -0.15) is 0 Å². The van der Waals surface area contributed by atoms with Crippen LogP contribution in [0.3, 0.4) is 0 Å². The van der Waals surface area contributed by atoms with Crippen LogP contribution >= 0.6 is 11.6 Å². The molecule has 0 amide bonds. The molecule has 2 rings (SSSR count). The van der Waals surface area contributed by atoms with Crippen LogP contribution < -0.4 is 5.32 Å². The molecule has 2 unspecified atom stereocenters. The van der Waals surface area contributed by atoms with E-state index in [2.05, 4.69) is 12.2 Å². The standard InChI is InChI=1S/C16H23ClFNO/c1-2-19-13(11-14-5-3-4-8-20-14)9-12-6-7-15(17)16(18)10-12/h6-7,10,13-14,19H,2-5,8-9,11H2,1H3. The molecule has 0 spiro atoms. The van der Waals surface area contributed by atoms with Gasteiger partial charge in [-0.15, -0.1) is 0 Å². The molecule has 1 N–H and O–H groups in total. The Bertz CT molecular complexity index is 421. The predicted octanol–water partition coefficient (Wildman–Crippen LogP) is 3.96. The summed E-state index contributed by atoms with van der Waals surface area (Å²) in [5, 5.41) is 3.66. The van der Waals surface area contributed by atoms with Gasteiger partial charge in [-0.05, 0) is 56.3 Å². The van der Waals surface area contributed by atoms with Crippen LogP contribution in [0.4, 0.5) is 4.39 Å². The largest absolute Gasteiger partial charge is 0.378 e.